The van der Waals surface area contributed by atoms with Gasteiger partial charge in [0.15, 0.2) is 5.69 Å². The Hall–Kier alpha value is -2.69. The lowest BCUT2D eigenvalue weighted by Gasteiger charge is -2.10. The average Bonchev–Trinajstić information content (AvgIpc) is 2.41. The molecule has 0 saturated carbocycles. The van der Waals surface area contributed by atoms with Gasteiger partial charge in [0.25, 0.3) is 5.91 Å². The van der Waals surface area contributed by atoms with E-state index in [0.29, 0.717) is 5.56 Å². The summed E-state index contributed by atoms with van der Waals surface area (Å²) in [6.45, 7) is 3.72. The topological polar surface area (TPSA) is 79.3 Å². The molecular weight excluding hydrogens is 256 g/mol. The van der Waals surface area contributed by atoms with E-state index in [1.54, 1.807) is 12.1 Å². The Labute approximate surface area is 116 Å². The molecule has 0 unspecified atom stereocenters. The van der Waals surface area contributed by atoms with Gasteiger partial charge < -0.3 is 10.4 Å². The summed E-state index contributed by atoms with van der Waals surface area (Å²) in [5.41, 5.74) is 2.32. The molecule has 0 aliphatic carbocycles. The number of hydrogen-bond donors (Lipinski definition) is 2. The number of nitrogens with one attached hydrogen (secondary N) is 1. The summed E-state index contributed by atoms with van der Waals surface area (Å²) in [5, 5.41) is 11.6. The standard InChI is InChI=1S/C15H14N2O3/c1-9-5-6-10(2)11(8-9)14(18)17-12-4-3-7-16-13(12)15(19)20/h3-8H,1-2H3,(H,17,18)(H,19,20). The van der Waals surface area contributed by atoms with Crippen molar-refractivity contribution in [1.29, 1.82) is 0 Å². The van der Waals surface area contributed by atoms with Crippen molar-refractivity contribution in [3.8, 4) is 0 Å². The molecule has 0 bridgehead atoms. The summed E-state index contributed by atoms with van der Waals surface area (Å²) < 4.78 is 0. The van der Waals surface area contributed by atoms with Crippen LogP contribution in [0, 0.1) is 13.8 Å². The van der Waals surface area contributed by atoms with Crippen LogP contribution in [-0.2, 0) is 0 Å². The number of aromatic carboxylic acids is 1. The molecular formula is C15H14N2O3. The number of aromatic nitrogens is 1. The minimum Gasteiger partial charge on any atom is -0.476 e. The van der Waals surface area contributed by atoms with Crippen molar-refractivity contribution in [2.75, 3.05) is 5.32 Å². The van der Waals surface area contributed by atoms with Gasteiger partial charge in [-0.3, -0.25) is 4.79 Å². The maximum Gasteiger partial charge on any atom is 0.356 e. The Morgan fingerprint density at radius 2 is 1.95 bits per heavy atom. The van der Waals surface area contributed by atoms with E-state index in [1.807, 2.05) is 26.0 Å². The lowest BCUT2D eigenvalue weighted by molar-refractivity contribution is 0.0692. The first-order chi connectivity index (χ1) is 9.49. The molecule has 0 aliphatic rings. The predicted octanol–water partition coefficient (Wildman–Crippen LogP) is 2.65. The molecule has 1 aromatic carbocycles. The Morgan fingerprint density at radius 3 is 2.65 bits per heavy atom. The summed E-state index contributed by atoms with van der Waals surface area (Å²) in [5.74, 6) is -1.52. The maximum atomic E-state index is 12.2. The third-order valence-corrected chi connectivity index (χ3v) is 2.90. The van der Waals surface area contributed by atoms with Gasteiger partial charge in [-0.25, -0.2) is 9.78 Å². The van der Waals surface area contributed by atoms with Crippen LogP contribution in [0.2, 0.25) is 0 Å². The van der Waals surface area contributed by atoms with E-state index in [-0.39, 0.29) is 17.3 Å². The molecule has 5 nitrogen and oxygen atoms in total. The molecule has 102 valence electrons. The quantitative estimate of drug-likeness (QED) is 0.898. The maximum absolute atomic E-state index is 12.2. The van der Waals surface area contributed by atoms with Gasteiger partial charge in [0.2, 0.25) is 0 Å². The van der Waals surface area contributed by atoms with Crippen LogP contribution in [-0.4, -0.2) is 22.0 Å². The molecule has 0 saturated heterocycles. The second-order valence-electron chi connectivity index (χ2n) is 4.48. The van der Waals surface area contributed by atoms with Gasteiger partial charge in [0.05, 0.1) is 5.69 Å². The van der Waals surface area contributed by atoms with E-state index in [0.717, 1.165) is 11.1 Å². The van der Waals surface area contributed by atoms with E-state index in [1.165, 1.54) is 12.3 Å². The number of carboxylic acid groups (broad SMARTS) is 1. The first kappa shape index (κ1) is 13.7. The highest BCUT2D eigenvalue weighted by Gasteiger charge is 2.15. The number of rotatable bonds is 3. The zero-order valence-electron chi connectivity index (χ0n) is 11.2. The fraction of sp³-hybridized carbons (Fsp3) is 0.133. The number of anilines is 1. The third-order valence-electron chi connectivity index (χ3n) is 2.90. The van der Waals surface area contributed by atoms with Crippen molar-refractivity contribution in [2.24, 2.45) is 0 Å². The molecule has 2 aromatic rings. The predicted molar refractivity (Wildman–Crippen MR) is 75.1 cm³/mol. The first-order valence-corrected chi connectivity index (χ1v) is 6.06. The summed E-state index contributed by atoms with van der Waals surface area (Å²) in [6.07, 6.45) is 1.37. The molecule has 0 aliphatic heterocycles. The number of benzene rings is 1. The van der Waals surface area contributed by atoms with Crippen LogP contribution in [0.4, 0.5) is 5.69 Å². The van der Waals surface area contributed by atoms with E-state index < -0.39 is 5.97 Å². The van der Waals surface area contributed by atoms with Gasteiger partial charge in [0.1, 0.15) is 0 Å². The molecule has 0 atom stereocenters. The lowest BCUT2D eigenvalue weighted by Crippen LogP contribution is -2.16. The van der Waals surface area contributed by atoms with Crippen LogP contribution in [0.5, 0.6) is 0 Å². The smallest absolute Gasteiger partial charge is 0.356 e. The first-order valence-electron chi connectivity index (χ1n) is 6.06. The van der Waals surface area contributed by atoms with Crippen molar-refractivity contribution >= 4 is 17.6 Å². The largest absolute Gasteiger partial charge is 0.476 e. The van der Waals surface area contributed by atoms with E-state index in [4.69, 9.17) is 5.11 Å². The molecule has 5 heteroatoms. The van der Waals surface area contributed by atoms with Crippen LogP contribution < -0.4 is 5.32 Å². The minimum absolute atomic E-state index is 0.175. The zero-order chi connectivity index (χ0) is 14.7. The van der Waals surface area contributed by atoms with Gasteiger partial charge in [-0.15, -0.1) is 0 Å². The van der Waals surface area contributed by atoms with Gasteiger partial charge >= 0.3 is 5.97 Å². The fourth-order valence-corrected chi connectivity index (χ4v) is 1.85. The molecule has 2 N–H and O–H groups in total. The second kappa shape index (κ2) is 5.52. The van der Waals surface area contributed by atoms with Gasteiger partial charge in [0, 0.05) is 11.8 Å². The summed E-state index contributed by atoms with van der Waals surface area (Å²) in [4.78, 5) is 27.0. The fourth-order valence-electron chi connectivity index (χ4n) is 1.85. The van der Waals surface area contributed by atoms with Crippen LogP contribution in [0.1, 0.15) is 32.0 Å². The molecule has 0 fully saturated rings. The van der Waals surface area contributed by atoms with Crippen molar-refractivity contribution in [1.82, 2.24) is 4.98 Å². The number of carbonyl (C=O) groups is 2. The highest BCUT2D eigenvalue weighted by atomic mass is 16.4. The Kier molecular flexibility index (Phi) is 3.79. The molecule has 2 rings (SSSR count). The zero-order valence-corrected chi connectivity index (χ0v) is 11.2. The van der Waals surface area contributed by atoms with Crippen molar-refractivity contribution < 1.29 is 14.7 Å². The highest BCUT2D eigenvalue weighted by Crippen LogP contribution is 2.16. The molecule has 1 heterocycles. The van der Waals surface area contributed by atoms with Gasteiger partial charge in [-0.1, -0.05) is 17.7 Å². The number of amides is 1. The number of pyridine rings is 1. The highest BCUT2D eigenvalue weighted by molar-refractivity contribution is 6.07. The number of aryl methyl sites for hydroxylation is 2. The van der Waals surface area contributed by atoms with Gasteiger partial charge in [-0.2, -0.15) is 0 Å². The van der Waals surface area contributed by atoms with E-state index in [2.05, 4.69) is 10.3 Å². The van der Waals surface area contributed by atoms with Gasteiger partial charge in [-0.05, 0) is 37.6 Å². The SMILES string of the molecule is Cc1ccc(C)c(C(=O)Nc2cccnc2C(=O)O)c1. The molecule has 1 aromatic heterocycles. The number of hydrogen-bond acceptors (Lipinski definition) is 3. The van der Waals surface area contributed by atoms with E-state index in [9.17, 15) is 9.59 Å². The molecule has 20 heavy (non-hydrogen) atoms. The Bertz CT molecular complexity index is 681. The van der Waals surface area contributed by atoms with E-state index >= 15 is 0 Å². The summed E-state index contributed by atoms with van der Waals surface area (Å²) in [7, 11) is 0. The van der Waals surface area contributed by atoms with Crippen molar-refractivity contribution in [2.45, 2.75) is 13.8 Å². The van der Waals surface area contributed by atoms with Crippen LogP contribution in [0.25, 0.3) is 0 Å². The summed E-state index contributed by atoms with van der Waals surface area (Å²) >= 11 is 0. The molecule has 0 radical (unpaired) electrons. The monoisotopic (exact) mass is 270 g/mol. The molecule has 0 spiro atoms. The van der Waals surface area contributed by atoms with Crippen LogP contribution in [0.15, 0.2) is 36.5 Å². The Balaban J connectivity index is 2.33. The lowest BCUT2D eigenvalue weighted by atomic mass is 10.0. The van der Waals surface area contributed by atoms with Crippen LogP contribution in [0.3, 0.4) is 0 Å². The number of carboxylic acids is 1. The third kappa shape index (κ3) is 2.83. The Morgan fingerprint density at radius 1 is 1.20 bits per heavy atom. The van der Waals surface area contributed by atoms with Crippen LogP contribution >= 0.6 is 0 Å². The second-order valence-corrected chi connectivity index (χ2v) is 4.48. The summed E-state index contributed by atoms with van der Waals surface area (Å²) in [6, 6.07) is 8.62. The number of carbonyl (C=O) groups excluding carboxylic acids is 1. The normalized spacial score (nSPS) is 10.1. The van der Waals surface area contributed by atoms with Crippen molar-refractivity contribution in [3.05, 3.63) is 58.9 Å². The average molecular weight is 270 g/mol. The minimum atomic E-state index is -1.18. The number of nitrogens with zero attached hydrogens (tertiary/aromatic N) is 1. The van der Waals surface area contributed by atoms with Crippen molar-refractivity contribution in [3.63, 3.8) is 0 Å². The molecule has 1 amide bonds.